The van der Waals surface area contributed by atoms with Crippen molar-refractivity contribution in [3.63, 3.8) is 0 Å². The Bertz CT molecular complexity index is 313. The van der Waals surface area contributed by atoms with Crippen LogP contribution in [0, 0.1) is 0 Å². The maximum atomic E-state index is 5.85. The number of anilines is 1. The standard InChI is InChI=1S/C10H17N3O2/c1-14-7-10(4-2-3-5-15-10)8-6-12-9(11)13-8/h6H,2-5,7H2,1H3,(H3,11,12,13). The Hall–Kier alpha value is -1.07. The second-order valence-corrected chi connectivity index (χ2v) is 3.91. The van der Waals surface area contributed by atoms with Crippen molar-refractivity contribution < 1.29 is 9.47 Å². The molecule has 0 spiro atoms. The van der Waals surface area contributed by atoms with Gasteiger partial charge in [-0.1, -0.05) is 0 Å². The number of nitrogens with zero attached hydrogens (tertiary/aromatic N) is 1. The molecule has 1 aromatic rings. The lowest BCUT2D eigenvalue weighted by molar-refractivity contribution is -0.124. The zero-order valence-electron chi connectivity index (χ0n) is 8.95. The Labute approximate surface area is 89.0 Å². The first-order valence-corrected chi connectivity index (χ1v) is 5.21. The van der Waals surface area contributed by atoms with Crippen molar-refractivity contribution >= 4 is 5.95 Å². The first-order chi connectivity index (χ1) is 7.27. The number of nitrogens with two attached hydrogens (primary N) is 1. The molecule has 84 valence electrons. The largest absolute Gasteiger partial charge is 0.381 e. The summed E-state index contributed by atoms with van der Waals surface area (Å²) in [5.74, 6) is 0.426. The van der Waals surface area contributed by atoms with E-state index in [-0.39, 0.29) is 5.60 Å². The summed E-state index contributed by atoms with van der Waals surface area (Å²) < 4.78 is 11.1. The van der Waals surface area contributed by atoms with Gasteiger partial charge in [0.1, 0.15) is 5.60 Å². The lowest BCUT2D eigenvalue weighted by Crippen LogP contribution is -2.38. The molecule has 1 aliphatic heterocycles. The van der Waals surface area contributed by atoms with Crippen LogP contribution in [0.5, 0.6) is 0 Å². The summed E-state index contributed by atoms with van der Waals surface area (Å²) in [7, 11) is 1.68. The molecule has 2 rings (SSSR count). The van der Waals surface area contributed by atoms with Crippen LogP contribution >= 0.6 is 0 Å². The number of H-pyrrole nitrogens is 1. The Morgan fingerprint density at radius 1 is 1.67 bits per heavy atom. The zero-order chi connectivity index (χ0) is 10.7. The van der Waals surface area contributed by atoms with Crippen LogP contribution in [0.4, 0.5) is 5.95 Å². The topological polar surface area (TPSA) is 73.2 Å². The molecule has 1 atom stereocenters. The molecule has 1 saturated heterocycles. The molecule has 0 bridgehead atoms. The van der Waals surface area contributed by atoms with Gasteiger partial charge >= 0.3 is 0 Å². The normalized spacial score (nSPS) is 26.7. The summed E-state index contributed by atoms with van der Waals surface area (Å²) in [5.41, 5.74) is 6.12. The predicted octanol–water partition coefficient (Wildman–Crippen LogP) is 1.03. The van der Waals surface area contributed by atoms with Crippen molar-refractivity contribution in [2.75, 3.05) is 26.1 Å². The summed E-state index contributed by atoms with van der Waals surface area (Å²) in [4.78, 5) is 7.04. The SMILES string of the molecule is COCC1(c2cnc(N)[nH]2)CCCCO1. The van der Waals surface area contributed by atoms with Gasteiger partial charge in [0.25, 0.3) is 0 Å². The molecule has 0 aromatic carbocycles. The van der Waals surface area contributed by atoms with Crippen molar-refractivity contribution in [3.8, 4) is 0 Å². The number of methoxy groups -OCH3 is 1. The number of imidazole rings is 1. The summed E-state index contributed by atoms with van der Waals surface area (Å²) in [6.07, 6.45) is 4.93. The fraction of sp³-hybridized carbons (Fsp3) is 0.700. The molecule has 0 aliphatic carbocycles. The first-order valence-electron chi connectivity index (χ1n) is 5.21. The first kappa shape index (κ1) is 10.4. The lowest BCUT2D eigenvalue weighted by Gasteiger charge is -2.35. The lowest BCUT2D eigenvalue weighted by atomic mass is 9.91. The van der Waals surface area contributed by atoms with Crippen molar-refractivity contribution in [2.24, 2.45) is 0 Å². The van der Waals surface area contributed by atoms with Gasteiger partial charge < -0.3 is 20.2 Å². The molecule has 2 heterocycles. The molecule has 5 nitrogen and oxygen atoms in total. The van der Waals surface area contributed by atoms with Gasteiger partial charge in [-0.05, 0) is 19.3 Å². The predicted molar refractivity (Wildman–Crippen MR) is 56.4 cm³/mol. The quantitative estimate of drug-likeness (QED) is 0.783. The van der Waals surface area contributed by atoms with Gasteiger partial charge in [0.2, 0.25) is 0 Å². The van der Waals surface area contributed by atoms with E-state index in [4.69, 9.17) is 15.2 Å². The maximum absolute atomic E-state index is 5.85. The fourth-order valence-corrected chi connectivity index (χ4v) is 2.06. The van der Waals surface area contributed by atoms with Crippen LogP contribution in [0.25, 0.3) is 0 Å². The highest BCUT2D eigenvalue weighted by Gasteiger charge is 2.37. The minimum absolute atomic E-state index is 0.377. The van der Waals surface area contributed by atoms with Crippen LogP contribution in [0.15, 0.2) is 6.20 Å². The van der Waals surface area contributed by atoms with E-state index in [1.54, 1.807) is 13.3 Å². The van der Waals surface area contributed by atoms with Gasteiger partial charge in [0.05, 0.1) is 18.5 Å². The van der Waals surface area contributed by atoms with E-state index in [2.05, 4.69) is 9.97 Å². The Balaban J connectivity index is 2.24. The van der Waals surface area contributed by atoms with Crippen molar-refractivity contribution in [3.05, 3.63) is 11.9 Å². The second kappa shape index (κ2) is 4.20. The van der Waals surface area contributed by atoms with Gasteiger partial charge in [-0.25, -0.2) is 4.98 Å². The number of aromatic amines is 1. The summed E-state index contributed by atoms with van der Waals surface area (Å²) in [5, 5.41) is 0. The van der Waals surface area contributed by atoms with Gasteiger partial charge in [-0.2, -0.15) is 0 Å². The second-order valence-electron chi connectivity index (χ2n) is 3.91. The summed E-state index contributed by atoms with van der Waals surface area (Å²) >= 11 is 0. The number of nitrogens with one attached hydrogen (secondary N) is 1. The fourth-order valence-electron chi connectivity index (χ4n) is 2.06. The smallest absolute Gasteiger partial charge is 0.197 e. The van der Waals surface area contributed by atoms with Crippen molar-refractivity contribution in [1.29, 1.82) is 0 Å². The summed E-state index contributed by atoms with van der Waals surface area (Å²) in [6, 6.07) is 0. The minimum atomic E-state index is -0.377. The number of hydrogen-bond donors (Lipinski definition) is 2. The Morgan fingerprint density at radius 2 is 2.53 bits per heavy atom. The van der Waals surface area contributed by atoms with Crippen LogP contribution in [0.2, 0.25) is 0 Å². The third-order valence-electron chi connectivity index (χ3n) is 2.82. The van der Waals surface area contributed by atoms with Crippen molar-refractivity contribution in [1.82, 2.24) is 9.97 Å². The number of rotatable bonds is 3. The third-order valence-corrected chi connectivity index (χ3v) is 2.82. The molecular weight excluding hydrogens is 194 g/mol. The molecule has 0 saturated carbocycles. The maximum Gasteiger partial charge on any atom is 0.197 e. The minimum Gasteiger partial charge on any atom is -0.381 e. The molecule has 1 aliphatic rings. The summed E-state index contributed by atoms with van der Waals surface area (Å²) in [6.45, 7) is 1.30. The third kappa shape index (κ3) is 1.98. The molecule has 3 N–H and O–H groups in total. The van der Waals surface area contributed by atoms with Crippen LogP contribution < -0.4 is 5.73 Å². The van der Waals surface area contributed by atoms with Crippen LogP contribution in [-0.4, -0.2) is 30.3 Å². The van der Waals surface area contributed by atoms with Gasteiger partial charge in [0.15, 0.2) is 5.95 Å². The number of aromatic nitrogens is 2. The van der Waals surface area contributed by atoms with E-state index < -0.39 is 0 Å². The Morgan fingerprint density at radius 3 is 3.07 bits per heavy atom. The highest BCUT2D eigenvalue weighted by Crippen LogP contribution is 2.34. The molecule has 0 radical (unpaired) electrons. The number of hydrogen-bond acceptors (Lipinski definition) is 4. The van der Waals surface area contributed by atoms with Gasteiger partial charge in [0, 0.05) is 13.7 Å². The van der Waals surface area contributed by atoms with Crippen LogP contribution in [0.3, 0.4) is 0 Å². The highest BCUT2D eigenvalue weighted by molar-refractivity contribution is 5.23. The molecule has 15 heavy (non-hydrogen) atoms. The monoisotopic (exact) mass is 211 g/mol. The average molecular weight is 211 g/mol. The Kier molecular flexibility index (Phi) is 2.93. The average Bonchev–Trinajstić information content (AvgIpc) is 2.67. The van der Waals surface area contributed by atoms with E-state index >= 15 is 0 Å². The van der Waals surface area contributed by atoms with Crippen LogP contribution in [0.1, 0.15) is 25.0 Å². The van der Waals surface area contributed by atoms with E-state index in [0.717, 1.165) is 31.6 Å². The molecule has 1 fully saturated rings. The van der Waals surface area contributed by atoms with E-state index in [1.807, 2.05) is 0 Å². The molecule has 0 amide bonds. The van der Waals surface area contributed by atoms with E-state index in [9.17, 15) is 0 Å². The zero-order valence-corrected chi connectivity index (χ0v) is 8.95. The number of ether oxygens (including phenoxy) is 2. The van der Waals surface area contributed by atoms with Gasteiger partial charge in [-0.3, -0.25) is 0 Å². The van der Waals surface area contributed by atoms with E-state index in [1.165, 1.54) is 0 Å². The van der Waals surface area contributed by atoms with E-state index in [0.29, 0.717) is 12.6 Å². The molecule has 1 unspecified atom stereocenters. The molecule has 1 aromatic heterocycles. The van der Waals surface area contributed by atoms with Crippen LogP contribution in [-0.2, 0) is 15.1 Å². The highest BCUT2D eigenvalue weighted by atomic mass is 16.5. The molecule has 5 heteroatoms. The van der Waals surface area contributed by atoms with Crippen molar-refractivity contribution in [2.45, 2.75) is 24.9 Å². The van der Waals surface area contributed by atoms with Gasteiger partial charge in [-0.15, -0.1) is 0 Å². The number of nitrogen functional groups attached to an aromatic ring is 1. The molecular formula is C10H17N3O2.